The van der Waals surface area contributed by atoms with Crippen LogP contribution in [0.15, 0.2) is 35.2 Å². The molecule has 2 rings (SSSR count). The van der Waals surface area contributed by atoms with Crippen LogP contribution in [0.3, 0.4) is 0 Å². The molecule has 0 aliphatic heterocycles. The van der Waals surface area contributed by atoms with E-state index in [4.69, 9.17) is 14.2 Å². The van der Waals surface area contributed by atoms with Crippen LogP contribution in [0.1, 0.15) is 31.1 Å². The lowest BCUT2D eigenvalue weighted by Crippen LogP contribution is -2.20. The predicted molar refractivity (Wildman–Crippen MR) is 117 cm³/mol. The van der Waals surface area contributed by atoms with Crippen LogP contribution in [0.2, 0.25) is 0 Å². The van der Waals surface area contributed by atoms with Crippen LogP contribution in [-0.4, -0.2) is 73.1 Å². The lowest BCUT2D eigenvalue weighted by Gasteiger charge is -2.17. The van der Waals surface area contributed by atoms with Gasteiger partial charge in [-0.25, -0.2) is 22.8 Å². The van der Waals surface area contributed by atoms with E-state index in [1.807, 2.05) is 0 Å². The van der Waals surface area contributed by atoms with E-state index < -0.39 is 38.4 Å². The zero-order valence-corrected chi connectivity index (χ0v) is 19.6. The molecule has 2 N–H and O–H groups in total. The number of carbonyl (C=O) groups is 3. The molecule has 0 bridgehead atoms. The minimum Gasteiger partial charge on any atom is -0.493 e. The fourth-order valence-electron chi connectivity index (χ4n) is 2.80. The highest BCUT2D eigenvalue weighted by atomic mass is 32.2. The SMILES string of the molecule is COCCOc1cc(NS(=O)(=O)c2cc(C(=O)OC)ccc2C(=O)OC)c(C(=O)O)cc1OC. The van der Waals surface area contributed by atoms with Crippen LogP contribution in [0.4, 0.5) is 5.69 Å². The molecule has 0 unspecified atom stereocenters. The van der Waals surface area contributed by atoms with Gasteiger partial charge in [0.15, 0.2) is 11.5 Å². The number of rotatable bonds is 11. The standard InChI is InChI=1S/C21H23NO11S/c1-29-7-8-33-17-11-15(14(19(23)24)10-16(17)30-2)22-34(27,28)18-9-12(20(25)31-3)5-6-13(18)21(26)32-4/h5-6,9-11,22H,7-8H2,1-4H3,(H,23,24). The number of hydrogen-bond acceptors (Lipinski definition) is 10. The summed E-state index contributed by atoms with van der Waals surface area (Å²) in [5.41, 5.74) is -1.37. The average Bonchev–Trinajstić information content (AvgIpc) is 2.82. The van der Waals surface area contributed by atoms with Crippen LogP contribution in [0.25, 0.3) is 0 Å². The predicted octanol–water partition coefficient (Wildman–Crippen LogP) is 1.79. The van der Waals surface area contributed by atoms with Crippen molar-refractivity contribution in [2.45, 2.75) is 4.90 Å². The number of sulfonamides is 1. The molecule has 184 valence electrons. The third-order valence-corrected chi connectivity index (χ3v) is 5.83. The molecule has 2 aromatic rings. The van der Waals surface area contributed by atoms with Crippen molar-refractivity contribution in [2.24, 2.45) is 0 Å². The number of esters is 2. The largest absolute Gasteiger partial charge is 0.493 e. The number of methoxy groups -OCH3 is 4. The molecule has 0 radical (unpaired) electrons. The Bertz CT molecular complexity index is 1190. The van der Waals surface area contributed by atoms with Crippen LogP contribution < -0.4 is 14.2 Å². The van der Waals surface area contributed by atoms with Gasteiger partial charge in [-0.15, -0.1) is 0 Å². The van der Waals surface area contributed by atoms with Gasteiger partial charge in [0.25, 0.3) is 10.0 Å². The Morgan fingerprint density at radius 2 is 1.56 bits per heavy atom. The number of nitrogens with one attached hydrogen (secondary N) is 1. The van der Waals surface area contributed by atoms with Crippen molar-refractivity contribution in [3.8, 4) is 11.5 Å². The third-order valence-electron chi connectivity index (χ3n) is 4.42. The summed E-state index contributed by atoms with van der Waals surface area (Å²) in [6.07, 6.45) is 0. The minimum atomic E-state index is -4.62. The van der Waals surface area contributed by atoms with E-state index in [9.17, 15) is 27.9 Å². The summed E-state index contributed by atoms with van der Waals surface area (Å²) in [6, 6.07) is 5.39. The summed E-state index contributed by atoms with van der Waals surface area (Å²) in [6.45, 7) is 0.271. The van der Waals surface area contributed by atoms with Gasteiger partial charge in [0.05, 0.1) is 50.3 Å². The van der Waals surface area contributed by atoms with E-state index in [1.54, 1.807) is 0 Å². The maximum Gasteiger partial charge on any atom is 0.339 e. The minimum absolute atomic E-state index is 0.0405. The molecule has 0 fully saturated rings. The van der Waals surface area contributed by atoms with Gasteiger partial charge in [0.1, 0.15) is 11.5 Å². The first-order chi connectivity index (χ1) is 16.1. The quantitative estimate of drug-likeness (QED) is 0.343. The van der Waals surface area contributed by atoms with E-state index >= 15 is 0 Å². The lowest BCUT2D eigenvalue weighted by molar-refractivity contribution is 0.0583. The Kier molecular flexibility index (Phi) is 8.81. The fourth-order valence-corrected chi connectivity index (χ4v) is 4.09. The highest BCUT2D eigenvalue weighted by Crippen LogP contribution is 2.35. The van der Waals surface area contributed by atoms with Crippen molar-refractivity contribution in [2.75, 3.05) is 46.4 Å². The zero-order valence-electron chi connectivity index (χ0n) is 18.7. The Morgan fingerprint density at radius 1 is 0.882 bits per heavy atom. The Morgan fingerprint density at radius 3 is 2.12 bits per heavy atom. The summed E-state index contributed by atoms with van der Waals surface area (Å²) in [4.78, 5) is 35.3. The molecule has 0 aliphatic rings. The normalized spacial score (nSPS) is 10.8. The van der Waals surface area contributed by atoms with E-state index in [0.717, 1.165) is 38.5 Å². The second-order valence-corrected chi connectivity index (χ2v) is 8.15. The van der Waals surface area contributed by atoms with Crippen LogP contribution in [-0.2, 0) is 24.2 Å². The molecule has 0 atom stereocenters. The molecule has 34 heavy (non-hydrogen) atoms. The summed E-state index contributed by atoms with van der Waals surface area (Å²) in [5.74, 6) is -3.22. The molecule has 0 saturated carbocycles. The summed E-state index contributed by atoms with van der Waals surface area (Å²) in [7, 11) is 0.270. The van der Waals surface area contributed by atoms with Crippen LogP contribution >= 0.6 is 0 Å². The number of carbonyl (C=O) groups excluding carboxylic acids is 2. The van der Waals surface area contributed by atoms with E-state index in [0.29, 0.717) is 0 Å². The summed E-state index contributed by atoms with van der Waals surface area (Å²) >= 11 is 0. The molecule has 13 heteroatoms. The molecule has 0 saturated heterocycles. The first-order valence-electron chi connectivity index (χ1n) is 9.50. The van der Waals surface area contributed by atoms with Crippen molar-refractivity contribution in [1.29, 1.82) is 0 Å². The molecular formula is C21H23NO11S. The number of hydrogen-bond donors (Lipinski definition) is 2. The molecular weight excluding hydrogens is 474 g/mol. The van der Waals surface area contributed by atoms with Crippen molar-refractivity contribution >= 4 is 33.6 Å². The van der Waals surface area contributed by atoms with Crippen molar-refractivity contribution in [3.05, 3.63) is 47.0 Å². The number of carboxylic acid groups (broad SMARTS) is 1. The number of aromatic carboxylic acids is 1. The third kappa shape index (κ3) is 5.94. The highest BCUT2D eigenvalue weighted by molar-refractivity contribution is 7.92. The molecule has 0 aromatic heterocycles. The Balaban J connectivity index is 2.64. The van der Waals surface area contributed by atoms with Crippen molar-refractivity contribution < 1.29 is 51.6 Å². The number of ether oxygens (including phenoxy) is 5. The van der Waals surface area contributed by atoms with Gasteiger partial charge in [-0.05, 0) is 18.2 Å². The highest BCUT2D eigenvalue weighted by Gasteiger charge is 2.28. The summed E-state index contributed by atoms with van der Waals surface area (Å²) < 4.78 is 53.4. The monoisotopic (exact) mass is 497 g/mol. The second kappa shape index (κ2) is 11.3. The number of anilines is 1. The Hall–Kier alpha value is -3.84. The Labute approximate surface area is 195 Å². The topological polar surface area (TPSA) is 164 Å². The second-order valence-electron chi connectivity index (χ2n) is 6.49. The van der Waals surface area contributed by atoms with Gasteiger partial charge in [0.2, 0.25) is 0 Å². The van der Waals surface area contributed by atoms with E-state index in [-0.39, 0.29) is 41.5 Å². The van der Waals surface area contributed by atoms with Gasteiger partial charge in [0, 0.05) is 19.2 Å². The first-order valence-corrected chi connectivity index (χ1v) is 11.0. The zero-order chi connectivity index (χ0) is 25.5. The molecule has 0 amide bonds. The van der Waals surface area contributed by atoms with Gasteiger partial charge in [-0.3, -0.25) is 4.72 Å². The fraction of sp³-hybridized carbons (Fsp3) is 0.286. The smallest absolute Gasteiger partial charge is 0.339 e. The summed E-state index contributed by atoms with van der Waals surface area (Å²) in [5, 5.41) is 9.60. The van der Waals surface area contributed by atoms with Gasteiger partial charge in [-0.2, -0.15) is 0 Å². The maximum absolute atomic E-state index is 13.3. The van der Waals surface area contributed by atoms with Crippen LogP contribution in [0.5, 0.6) is 11.5 Å². The van der Waals surface area contributed by atoms with E-state index in [2.05, 4.69) is 14.2 Å². The number of benzene rings is 2. The van der Waals surface area contributed by atoms with E-state index in [1.165, 1.54) is 20.3 Å². The average molecular weight is 497 g/mol. The van der Waals surface area contributed by atoms with Gasteiger partial charge in [-0.1, -0.05) is 0 Å². The molecule has 0 aliphatic carbocycles. The number of carboxylic acids is 1. The van der Waals surface area contributed by atoms with Gasteiger partial charge < -0.3 is 28.8 Å². The van der Waals surface area contributed by atoms with Crippen LogP contribution in [0, 0.1) is 0 Å². The lowest BCUT2D eigenvalue weighted by atomic mass is 10.1. The maximum atomic E-state index is 13.3. The van der Waals surface area contributed by atoms with Crippen molar-refractivity contribution in [3.63, 3.8) is 0 Å². The van der Waals surface area contributed by atoms with Gasteiger partial charge >= 0.3 is 17.9 Å². The molecule has 12 nitrogen and oxygen atoms in total. The molecule has 0 heterocycles. The molecule has 0 spiro atoms. The first kappa shape index (κ1) is 26.4. The molecule has 2 aromatic carbocycles. The van der Waals surface area contributed by atoms with Crippen molar-refractivity contribution in [1.82, 2.24) is 0 Å².